The second kappa shape index (κ2) is 8.61. The molecule has 8 heteroatoms. The second-order valence-electron chi connectivity index (χ2n) is 5.89. The van der Waals surface area contributed by atoms with E-state index in [2.05, 4.69) is 15.6 Å². The molecule has 1 amide bonds. The summed E-state index contributed by atoms with van der Waals surface area (Å²) in [7, 11) is 0. The largest absolute Gasteiger partial charge is 0.352 e. The summed E-state index contributed by atoms with van der Waals surface area (Å²) in [5, 5.41) is 17.2. The normalized spacial score (nSPS) is 10.4. The van der Waals surface area contributed by atoms with Gasteiger partial charge in [-0.3, -0.25) is 14.9 Å². The average molecular weight is 365 g/mol. The summed E-state index contributed by atoms with van der Waals surface area (Å²) in [5.41, 5.74) is 1.17. The number of nitro groups is 1. The molecule has 1 aromatic heterocycles. The Hall–Kier alpha value is -3.68. The molecule has 0 aliphatic rings. The first-order valence-corrected chi connectivity index (χ1v) is 8.48. The quantitative estimate of drug-likeness (QED) is 0.362. The van der Waals surface area contributed by atoms with Crippen molar-refractivity contribution in [2.24, 2.45) is 0 Å². The minimum absolute atomic E-state index is 0.148. The van der Waals surface area contributed by atoms with Gasteiger partial charge in [-0.05, 0) is 30.7 Å². The number of para-hydroxylation sites is 1. The standard InChI is InChI=1S/C19H19N5O3/c25-19(21-9-4-11-23-12-10-20-14-23)15-7-8-17(18(13-15)24(26)27)22-16-5-2-1-3-6-16/h1-3,5-8,10,12-14,22H,4,9,11H2,(H,21,25). The highest BCUT2D eigenvalue weighted by atomic mass is 16.6. The van der Waals surface area contributed by atoms with E-state index >= 15 is 0 Å². The van der Waals surface area contributed by atoms with E-state index in [1.54, 1.807) is 24.7 Å². The van der Waals surface area contributed by atoms with Crippen LogP contribution in [0, 0.1) is 10.1 Å². The molecule has 0 fully saturated rings. The van der Waals surface area contributed by atoms with Crippen LogP contribution in [0.15, 0.2) is 67.3 Å². The fraction of sp³-hybridized carbons (Fsp3) is 0.158. The molecule has 0 saturated heterocycles. The van der Waals surface area contributed by atoms with E-state index in [1.807, 2.05) is 41.1 Å². The Labute approximate surface area is 156 Å². The molecule has 8 nitrogen and oxygen atoms in total. The Bertz CT molecular complexity index is 910. The van der Waals surface area contributed by atoms with Gasteiger partial charge in [0.1, 0.15) is 5.69 Å². The minimum Gasteiger partial charge on any atom is -0.352 e. The Morgan fingerprint density at radius 1 is 1.19 bits per heavy atom. The van der Waals surface area contributed by atoms with Crippen molar-refractivity contribution in [1.82, 2.24) is 14.9 Å². The predicted molar refractivity (Wildman–Crippen MR) is 102 cm³/mol. The van der Waals surface area contributed by atoms with Crippen LogP contribution in [0.4, 0.5) is 17.1 Å². The van der Waals surface area contributed by atoms with E-state index in [1.165, 1.54) is 6.07 Å². The van der Waals surface area contributed by atoms with Crippen LogP contribution in [-0.4, -0.2) is 26.9 Å². The zero-order valence-electron chi connectivity index (χ0n) is 14.5. The first kappa shape index (κ1) is 18.1. The minimum atomic E-state index is -0.499. The van der Waals surface area contributed by atoms with Crippen molar-refractivity contribution < 1.29 is 9.72 Å². The first-order valence-electron chi connectivity index (χ1n) is 8.48. The summed E-state index contributed by atoms with van der Waals surface area (Å²) in [6.07, 6.45) is 5.99. The highest BCUT2D eigenvalue weighted by molar-refractivity contribution is 5.95. The van der Waals surface area contributed by atoms with E-state index in [0.29, 0.717) is 12.2 Å². The van der Waals surface area contributed by atoms with Gasteiger partial charge >= 0.3 is 0 Å². The third kappa shape index (κ3) is 4.91. The molecular weight excluding hydrogens is 346 g/mol. The smallest absolute Gasteiger partial charge is 0.293 e. The topological polar surface area (TPSA) is 102 Å². The Morgan fingerprint density at radius 3 is 2.70 bits per heavy atom. The van der Waals surface area contributed by atoms with Crippen molar-refractivity contribution in [2.75, 3.05) is 11.9 Å². The van der Waals surface area contributed by atoms with E-state index in [-0.39, 0.29) is 17.2 Å². The zero-order valence-corrected chi connectivity index (χ0v) is 14.5. The number of imidazole rings is 1. The molecule has 0 bridgehead atoms. The SMILES string of the molecule is O=C(NCCCn1ccnc1)c1ccc(Nc2ccccc2)c([N+](=O)[O-])c1. The third-order valence-electron chi connectivity index (χ3n) is 3.95. The van der Waals surface area contributed by atoms with Crippen LogP contribution < -0.4 is 10.6 Å². The molecule has 27 heavy (non-hydrogen) atoms. The molecule has 3 rings (SSSR count). The molecule has 3 aromatic rings. The van der Waals surface area contributed by atoms with Crippen LogP contribution in [-0.2, 0) is 6.54 Å². The Balaban J connectivity index is 1.64. The maximum absolute atomic E-state index is 12.3. The summed E-state index contributed by atoms with van der Waals surface area (Å²) in [4.78, 5) is 27.1. The summed E-state index contributed by atoms with van der Waals surface area (Å²) in [6.45, 7) is 1.20. The van der Waals surface area contributed by atoms with E-state index < -0.39 is 4.92 Å². The van der Waals surface area contributed by atoms with Crippen LogP contribution in [0.5, 0.6) is 0 Å². The van der Waals surface area contributed by atoms with Crippen molar-refractivity contribution in [3.63, 3.8) is 0 Å². The molecule has 0 aliphatic carbocycles. The van der Waals surface area contributed by atoms with Crippen molar-refractivity contribution in [1.29, 1.82) is 0 Å². The van der Waals surface area contributed by atoms with Crippen molar-refractivity contribution >= 4 is 23.0 Å². The lowest BCUT2D eigenvalue weighted by Gasteiger charge is -2.09. The van der Waals surface area contributed by atoms with Gasteiger partial charge in [0.25, 0.3) is 11.6 Å². The fourth-order valence-electron chi connectivity index (χ4n) is 2.59. The number of aromatic nitrogens is 2. The maximum Gasteiger partial charge on any atom is 0.293 e. The number of rotatable bonds is 8. The van der Waals surface area contributed by atoms with Gasteiger partial charge in [0.05, 0.1) is 11.3 Å². The first-order chi connectivity index (χ1) is 13.1. The molecule has 138 valence electrons. The number of benzene rings is 2. The molecule has 1 heterocycles. The van der Waals surface area contributed by atoms with Gasteiger partial charge in [-0.25, -0.2) is 4.98 Å². The maximum atomic E-state index is 12.3. The fourth-order valence-corrected chi connectivity index (χ4v) is 2.59. The van der Waals surface area contributed by atoms with E-state index in [9.17, 15) is 14.9 Å². The summed E-state index contributed by atoms with van der Waals surface area (Å²) >= 11 is 0. The number of aryl methyl sites for hydroxylation is 1. The molecule has 0 atom stereocenters. The van der Waals surface area contributed by atoms with E-state index in [4.69, 9.17) is 0 Å². The highest BCUT2D eigenvalue weighted by Gasteiger charge is 2.17. The third-order valence-corrected chi connectivity index (χ3v) is 3.95. The highest BCUT2D eigenvalue weighted by Crippen LogP contribution is 2.28. The van der Waals surface area contributed by atoms with Crippen LogP contribution in [0.2, 0.25) is 0 Å². The summed E-state index contributed by atoms with van der Waals surface area (Å²) < 4.78 is 1.92. The number of carbonyl (C=O) groups is 1. The Kier molecular flexibility index (Phi) is 5.78. The van der Waals surface area contributed by atoms with Crippen LogP contribution in [0.1, 0.15) is 16.8 Å². The number of hydrogen-bond donors (Lipinski definition) is 2. The number of carbonyl (C=O) groups excluding carboxylic acids is 1. The predicted octanol–water partition coefficient (Wildman–Crippen LogP) is 3.36. The molecular formula is C19H19N5O3. The van der Waals surface area contributed by atoms with Gasteiger partial charge in [-0.2, -0.15) is 0 Å². The van der Waals surface area contributed by atoms with Gasteiger partial charge in [0, 0.05) is 42.8 Å². The molecule has 0 aliphatic heterocycles. The van der Waals surface area contributed by atoms with E-state index in [0.717, 1.165) is 18.7 Å². The van der Waals surface area contributed by atoms with Gasteiger partial charge in [0.15, 0.2) is 0 Å². The molecule has 0 spiro atoms. The van der Waals surface area contributed by atoms with Gasteiger partial charge in [-0.15, -0.1) is 0 Å². The summed E-state index contributed by atoms with van der Waals surface area (Å²) in [6, 6.07) is 13.6. The van der Waals surface area contributed by atoms with Gasteiger partial charge in [-0.1, -0.05) is 18.2 Å². The van der Waals surface area contributed by atoms with Crippen LogP contribution in [0.3, 0.4) is 0 Å². The average Bonchev–Trinajstić information content (AvgIpc) is 3.19. The lowest BCUT2D eigenvalue weighted by Crippen LogP contribution is -2.25. The lowest BCUT2D eigenvalue weighted by molar-refractivity contribution is -0.383. The van der Waals surface area contributed by atoms with Gasteiger partial charge < -0.3 is 15.2 Å². The number of nitrogens with zero attached hydrogens (tertiary/aromatic N) is 3. The number of amides is 1. The summed E-state index contributed by atoms with van der Waals surface area (Å²) in [5.74, 6) is -0.338. The van der Waals surface area contributed by atoms with Crippen LogP contribution in [0.25, 0.3) is 0 Å². The van der Waals surface area contributed by atoms with Crippen molar-refractivity contribution in [3.8, 4) is 0 Å². The molecule has 0 saturated carbocycles. The second-order valence-corrected chi connectivity index (χ2v) is 5.89. The number of hydrogen-bond acceptors (Lipinski definition) is 5. The van der Waals surface area contributed by atoms with Crippen molar-refractivity contribution in [3.05, 3.63) is 82.9 Å². The number of nitrogens with one attached hydrogen (secondary N) is 2. The monoisotopic (exact) mass is 365 g/mol. The zero-order chi connectivity index (χ0) is 19.1. The number of anilines is 2. The number of nitro benzene ring substituents is 1. The van der Waals surface area contributed by atoms with Gasteiger partial charge in [0.2, 0.25) is 0 Å². The van der Waals surface area contributed by atoms with Crippen LogP contribution >= 0.6 is 0 Å². The molecule has 0 unspecified atom stereocenters. The molecule has 2 N–H and O–H groups in total. The van der Waals surface area contributed by atoms with Crippen molar-refractivity contribution in [2.45, 2.75) is 13.0 Å². The Morgan fingerprint density at radius 2 is 2.00 bits per heavy atom. The molecule has 0 radical (unpaired) electrons. The molecule has 2 aromatic carbocycles. The lowest BCUT2D eigenvalue weighted by atomic mass is 10.1.